The van der Waals surface area contributed by atoms with E-state index in [2.05, 4.69) is 54.8 Å². The van der Waals surface area contributed by atoms with E-state index in [0.717, 1.165) is 51.4 Å². The number of hydrogen-bond acceptors (Lipinski definition) is 6. The molecule has 0 aliphatic rings. The molecule has 0 fully saturated rings. The van der Waals surface area contributed by atoms with Crippen molar-refractivity contribution in [1.29, 1.82) is 0 Å². The van der Waals surface area contributed by atoms with Gasteiger partial charge >= 0.3 is 0 Å². The molecule has 0 aliphatic carbocycles. The molecule has 0 saturated heterocycles. The van der Waals surface area contributed by atoms with E-state index in [-0.39, 0.29) is 12.5 Å². The van der Waals surface area contributed by atoms with E-state index >= 15 is 0 Å². The van der Waals surface area contributed by atoms with Crippen molar-refractivity contribution < 1.29 is 32.9 Å². The van der Waals surface area contributed by atoms with Crippen LogP contribution in [-0.4, -0.2) is 68.5 Å². The molecule has 2 N–H and O–H groups in total. The Morgan fingerprint density at radius 3 is 1.84 bits per heavy atom. The number of carbonyl (C=O) groups excluding carboxylic acids is 1. The van der Waals surface area contributed by atoms with Crippen molar-refractivity contribution in [1.82, 2.24) is 5.32 Å². The van der Waals surface area contributed by atoms with Gasteiger partial charge in [0.15, 0.2) is 0 Å². The highest BCUT2D eigenvalue weighted by molar-refractivity contribution is 7.45. The summed E-state index contributed by atoms with van der Waals surface area (Å²) in [6.45, 7) is 4.32. The molecule has 3 unspecified atom stereocenters. The van der Waals surface area contributed by atoms with Crippen molar-refractivity contribution in [3.05, 3.63) is 60.8 Å². The molecule has 0 radical (unpaired) electrons. The van der Waals surface area contributed by atoms with Crippen molar-refractivity contribution in [3.63, 3.8) is 0 Å². The minimum atomic E-state index is -4.59. The molecule has 0 bridgehead atoms. The summed E-state index contributed by atoms with van der Waals surface area (Å²) in [6, 6.07) is -0.910. The van der Waals surface area contributed by atoms with Crippen molar-refractivity contribution in [3.8, 4) is 0 Å². The number of nitrogens with zero attached hydrogens (tertiary/aromatic N) is 1. The predicted octanol–water partition coefficient (Wildman–Crippen LogP) is 9.66. The third-order valence-electron chi connectivity index (χ3n) is 8.27. The van der Waals surface area contributed by atoms with Crippen LogP contribution < -0.4 is 10.2 Å². The maximum Gasteiger partial charge on any atom is 0.268 e. The van der Waals surface area contributed by atoms with Crippen LogP contribution in [0.5, 0.6) is 0 Å². The first-order chi connectivity index (χ1) is 24.0. The number of amides is 1. The lowest BCUT2D eigenvalue weighted by atomic mass is 10.1. The Kier molecular flexibility index (Phi) is 31.9. The Labute approximate surface area is 307 Å². The Hall–Kier alpha value is -1.80. The monoisotopic (exact) mass is 723 g/mol. The molecule has 50 heavy (non-hydrogen) atoms. The van der Waals surface area contributed by atoms with Gasteiger partial charge < -0.3 is 28.8 Å². The van der Waals surface area contributed by atoms with E-state index in [1.165, 1.54) is 70.6 Å². The number of phosphoric acid groups is 1. The number of unbranched alkanes of at least 4 members (excludes halogenated alkanes) is 14. The quantitative estimate of drug-likeness (QED) is 0.0297. The van der Waals surface area contributed by atoms with E-state index in [9.17, 15) is 19.4 Å². The summed E-state index contributed by atoms with van der Waals surface area (Å²) >= 11 is 0. The molecular formula is C41H75N2O6P. The SMILES string of the molecule is C/C=C/CC/C=C/CC/C=C/C(O)C(COP(=O)([O-])OCC[N+](C)(C)C)NC(=O)CCCCCCCCCCC/C=C\C/C=C\CCCCC. The lowest BCUT2D eigenvalue weighted by Gasteiger charge is -2.29. The van der Waals surface area contributed by atoms with Gasteiger partial charge in [0.25, 0.3) is 7.82 Å². The molecule has 0 heterocycles. The van der Waals surface area contributed by atoms with Gasteiger partial charge in [0, 0.05) is 6.42 Å². The van der Waals surface area contributed by atoms with Gasteiger partial charge in [-0.15, -0.1) is 0 Å². The van der Waals surface area contributed by atoms with Gasteiger partial charge in [-0.2, -0.15) is 0 Å². The standard InChI is InChI=1S/C41H75N2O6P/c1-6-8-10-12-14-16-17-18-19-20-21-22-23-24-25-27-29-31-33-35-41(45)42-39(38-49-50(46,47)48-37-36-43(3,4)5)40(44)34-32-30-28-26-15-13-11-9-7-2/h7,9,14-16,18-19,26,32,34,39-40,44H,6,8,10-13,17,20-25,27-31,33,35-38H2,1-5H3,(H-,42,45,46,47)/b9-7+,16-14-,19-18-,26-15+,34-32+. The maximum absolute atomic E-state index is 12.8. The zero-order valence-corrected chi connectivity index (χ0v) is 33.5. The van der Waals surface area contributed by atoms with E-state index in [0.29, 0.717) is 17.4 Å². The summed E-state index contributed by atoms with van der Waals surface area (Å²) in [5.41, 5.74) is 0. The Morgan fingerprint density at radius 2 is 1.26 bits per heavy atom. The lowest BCUT2D eigenvalue weighted by Crippen LogP contribution is -2.45. The fourth-order valence-corrected chi connectivity index (χ4v) is 5.82. The van der Waals surface area contributed by atoms with E-state index in [1.807, 2.05) is 40.2 Å². The van der Waals surface area contributed by atoms with E-state index < -0.39 is 26.6 Å². The fourth-order valence-electron chi connectivity index (χ4n) is 5.10. The normalized spacial score (nSPS) is 15.3. The first-order valence-corrected chi connectivity index (χ1v) is 21.1. The molecule has 0 rings (SSSR count). The number of rotatable bonds is 34. The summed E-state index contributed by atoms with van der Waals surface area (Å²) < 4.78 is 23.0. The second-order valence-corrected chi connectivity index (χ2v) is 15.7. The van der Waals surface area contributed by atoms with Crippen LogP contribution in [0.1, 0.15) is 142 Å². The zero-order valence-electron chi connectivity index (χ0n) is 32.6. The molecule has 0 aliphatic heterocycles. The Balaban J connectivity index is 4.41. The molecule has 290 valence electrons. The number of likely N-dealkylation sites (N-methyl/N-ethyl adjacent to an activating group) is 1. The number of aliphatic hydroxyl groups is 1. The average Bonchev–Trinajstić information content (AvgIpc) is 3.06. The molecule has 9 heteroatoms. The minimum Gasteiger partial charge on any atom is -0.756 e. The first kappa shape index (κ1) is 48.2. The number of carbonyl (C=O) groups is 1. The summed E-state index contributed by atoms with van der Waals surface area (Å²) in [7, 11) is 1.22. The Bertz CT molecular complexity index is 1000. The largest absolute Gasteiger partial charge is 0.756 e. The summed E-state index contributed by atoms with van der Waals surface area (Å²) in [5, 5.41) is 13.6. The highest BCUT2D eigenvalue weighted by atomic mass is 31.2. The number of nitrogens with one attached hydrogen (secondary N) is 1. The number of hydrogen-bond donors (Lipinski definition) is 2. The Morgan fingerprint density at radius 1 is 0.740 bits per heavy atom. The summed E-state index contributed by atoms with van der Waals surface area (Å²) in [4.78, 5) is 25.1. The average molecular weight is 723 g/mol. The summed E-state index contributed by atoms with van der Waals surface area (Å²) in [5.74, 6) is -0.223. The lowest BCUT2D eigenvalue weighted by molar-refractivity contribution is -0.870. The molecule has 0 aromatic heterocycles. The first-order valence-electron chi connectivity index (χ1n) is 19.6. The molecule has 3 atom stereocenters. The highest BCUT2D eigenvalue weighted by Gasteiger charge is 2.23. The zero-order chi connectivity index (χ0) is 37.2. The third-order valence-corrected chi connectivity index (χ3v) is 9.24. The van der Waals surface area contributed by atoms with Crippen LogP contribution in [0.25, 0.3) is 0 Å². The van der Waals surface area contributed by atoms with Gasteiger partial charge in [0.05, 0.1) is 39.9 Å². The van der Waals surface area contributed by atoms with Gasteiger partial charge in [0.1, 0.15) is 13.2 Å². The van der Waals surface area contributed by atoms with Crippen LogP contribution in [0, 0.1) is 0 Å². The minimum absolute atomic E-state index is 0.0127. The van der Waals surface area contributed by atoms with Crippen molar-refractivity contribution in [2.75, 3.05) is 40.9 Å². The number of quaternary nitrogens is 1. The molecule has 0 aromatic carbocycles. The third kappa shape index (κ3) is 34.6. The topological polar surface area (TPSA) is 108 Å². The molecular weight excluding hydrogens is 647 g/mol. The molecule has 8 nitrogen and oxygen atoms in total. The number of allylic oxidation sites excluding steroid dienone is 9. The fraction of sp³-hybridized carbons (Fsp3) is 0.732. The smallest absolute Gasteiger partial charge is 0.268 e. The van der Waals surface area contributed by atoms with Crippen LogP contribution in [-0.2, 0) is 18.4 Å². The van der Waals surface area contributed by atoms with Gasteiger partial charge in [-0.25, -0.2) is 0 Å². The van der Waals surface area contributed by atoms with E-state index in [4.69, 9.17) is 9.05 Å². The second kappa shape index (κ2) is 33.1. The van der Waals surface area contributed by atoms with Crippen LogP contribution in [0.3, 0.4) is 0 Å². The highest BCUT2D eigenvalue weighted by Crippen LogP contribution is 2.38. The van der Waals surface area contributed by atoms with Gasteiger partial charge in [-0.05, 0) is 71.1 Å². The van der Waals surface area contributed by atoms with E-state index in [1.54, 1.807) is 6.08 Å². The molecule has 1 amide bonds. The summed E-state index contributed by atoms with van der Waals surface area (Å²) in [6.07, 6.45) is 41.5. The van der Waals surface area contributed by atoms with Crippen LogP contribution >= 0.6 is 7.82 Å². The van der Waals surface area contributed by atoms with Crippen molar-refractivity contribution >= 4 is 13.7 Å². The van der Waals surface area contributed by atoms with Crippen LogP contribution in [0.15, 0.2) is 60.8 Å². The number of aliphatic hydroxyl groups excluding tert-OH is 1. The van der Waals surface area contributed by atoms with Gasteiger partial charge in [-0.3, -0.25) is 9.36 Å². The second-order valence-electron chi connectivity index (χ2n) is 14.3. The molecule has 0 saturated carbocycles. The van der Waals surface area contributed by atoms with Crippen molar-refractivity contribution in [2.45, 2.75) is 154 Å². The number of phosphoric ester groups is 1. The van der Waals surface area contributed by atoms with Crippen molar-refractivity contribution in [2.24, 2.45) is 0 Å². The molecule has 0 spiro atoms. The van der Waals surface area contributed by atoms with Gasteiger partial charge in [-0.1, -0.05) is 125 Å². The maximum atomic E-state index is 12.8. The van der Waals surface area contributed by atoms with Crippen LogP contribution in [0.4, 0.5) is 0 Å². The molecule has 0 aromatic rings. The van der Waals surface area contributed by atoms with Gasteiger partial charge in [0.2, 0.25) is 5.91 Å². The van der Waals surface area contributed by atoms with Crippen LogP contribution in [0.2, 0.25) is 0 Å². The predicted molar refractivity (Wildman–Crippen MR) is 210 cm³/mol.